The highest BCUT2D eigenvalue weighted by Crippen LogP contribution is 2.29. The fourth-order valence-corrected chi connectivity index (χ4v) is 4.13. The zero-order chi connectivity index (χ0) is 17.6. The minimum Gasteiger partial charge on any atom is -0.492 e. The van der Waals surface area contributed by atoms with Gasteiger partial charge in [0.25, 0.3) is 0 Å². The van der Waals surface area contributed by atoms with E-state index in [-0.39, 0.29) is 16.8 Å². The maximum atomic E-state index is 12.6. The molecule has 134 valence electrons. The molecule has 1 aliphatic carbocycles. The Labute approximate surface area is 144 Å². The van der Waals surface area contributed by atoms with Crippen LogP contribution >= 0.6 is 0 Å². The number of nitrogens with one attached hydrogen (secondary N) is 2. The van der Waals surface area contributed by atoms with Crippen molar-refractivity contribution in [1.29, 1.82) is 0 Å². The average Bonchev–Trinajstić information content (AvgIpc) is 2.57. The van der Waals surface area contributed by atoms with Gasteiger partial charge in [0, 0.05) is 12.5 Å². The van der Waals surface area contributed by atoms with E-state index in [2.05, 4.69) is 10.0 Å². The van der Waals surface area contributed by atoms with E-state index in [1.54, 1.807) is 13.0 Å². The summed E-state index contributed by atoms with van der Waals surface area (Å²) in [5, 5.41) is 2.70. The highest BCUT2D eigenvalue weighted by molar-refractivity contribution is 7.89. The Hall–Kier alpha value is -1.60. The molecule has 0 radical (unpaired) electrons. The third-order valence-electron chi connectivity index (χ3n) is 4.08. The predicted octanol–water partition coefficient (Wildman–Crippen LogP) is 3.04. The summed E-state index contributed by atoms with van der Waals surface area (Å²) in [6, 6.07) is 4.55. The van der Waals surface area contributed by atoms with Crippen LogP contribution in [0, 0.1) is 0 Å². The summed E-state index contributed by atoms with van der Waals surface area (Å²) in [5.74, 6) is 0.279. The van der Waals surface area contributed by atoms with Gasteiger partial charge in [0.1, 0.15) is 5.75 Å². The molecule has 1 aromatic carbocycles. The third kappa shape index (κ3) is 4.95. The summed E-state index contributed by atoms with van der Waals surface area (Å²) in [5.41, 5.74) is 0.384. The van der Waals surface area contributed by atoms with Crippen LogP contribution in [0.2, 0.25) is 0 Å². The lowest BCUT2D eigenvalue weighted by Crippen LogP contribution is -2.36. The molecule has 6 nitrogen and oxygen atoms in total. The normalized spacial score (nSPS) is 15.9. The molecule has 1 saturated carbocycles. The van der Waals surface area contributed by atoms with Gasteiger partial charge in [0.15, 0.2) is 0 Å². The molecular formula is C17H26N2O4S. The second-order valence-electron chi connectivity index (χ2n) is 5.95. The van der Waals surface area contributed by atoms with Crippen LogP contribution in [-0.4, -0.2) is 27.0 Å². The maximum Gasteiger partial charge on any atom is 0.240 e. The lowest BCUT2D eigenvalue weighted by Gasteiger charge is -2.23. The molecule has 24 heavy (non-hydrogen) atoms. The third-order valence-corrected chi connectivity index (χ3v) is 5.60. The minimum absolute atomic E-state index is 0.0102. The molecule has 1 aromatic rings. The van der Waals surface area contributed by atoms with Gasteiger partial charge in [-0.1, -0.05) is 26.2 Å². The molecule has 1 amide bonds. The Kier molecular flexibility index (Phi) is 6.62. The largest absolute Gasteiger partial charge is 0.492 e. The van der Waals surface area contributed by atoms with Crippen molar-refractivity contribution >= 4 is 21.6 Å². The van der Waals surface area contributed by atoms with Gasteiger partial charge in [-0.2, -0.15) is 0 Å². The molecule has 7 heteroatoms. The maximum absolute atomic E-state index is 12.6. The van der Waals surface area contributed by atoms with Crippen molar-refractivity contribution in [2.45, 2.75) is 63.3 Å². The van der Waals surface area contributed by atoms with E-state index < -0.39 is 10.0 Å². The molecule has 2 rings (SSSR count). The van der Waals surface area contributed by atoms with E-state index in [0.717, 1.165) is 32.1 Å². The number of carbonyl (C=O) groups is 1. The zero-order valence-corrected chi connectivity index (χ0v) is 15.1. The van der Waals surface area contributed by atoms with Gasteiger partial charge in [0.05, 0.1) is 17.2 Å². The number of rotatable bonds is 7. The van der Waals surface area contributed by atoms with Crippen molar-refractivity contribution in [3.8, 4) is 5.75 Å². The topological polar surface area (TPSA) is 84.5 Å². The summed E-state index contributed by atoms with van der Waals surface area (Å²) in [6.45, 7) is 4.00. The van der Waals surface area contributed by atoms with Gasteiger partial charge in [0.2, 0.25) is 15.9 Å². The molecule has 0 aromatic heterocycles. The highest BCUT2D eigenvalue weighted by Gasteiger charge is 2.23. The summed E-state index contributed by atoms with van der Waals surface area (Å²) in [7, 11) is -3.61. The predicted molar refractivity (Wildman–Crippen MR) is 93.7 cm³/mol. The Morgan fingerprint density at radius 3 is 2.54 bits per heavy atom. The van der Waals surface area contributed by atoms with E-state index in [0.29, 0.717) is 24.5 Å². The van der Waals surface area contributed by atoms with E-state index in [4.69, 9.17) is 4.74 Å². The molecular weight excluding hydrogens is 328 g/mol. The lowest BCUT2D eigenvalue weighted by molar-refractivity contribution is -0.115. The number of amides is 1. The van der Waals surface area contributed by atoms with E-state index >= 15 is 0 Å². The van der Waals surface area contributed by atoms with Crippen molar-refractivity contribution in [2.24, 2.45) is 0 Å². The number of hydrogen-bond acceptors (Lipinski definition) is 4. The Morgan fingerprint density at radius 1 is 1.21 bits per heavy atom. The number of benzene rings is 1. The van der Waals surface area contributed by atoms with Crippen LogP contribution in [0.15, 0.2) is 23.1 Å². The van der Waals surface area contributed by atoms with Crippen LogP contribution in [0.3, 0.4) is 0 Å². The van der Waals surface area contributed by atoms with Gasteiger partial charge in [-0.3, -0.25) is 4.79 Å². The first-order chi connectivity index (χ1) is 11.5. The minimum atomic E-state index is -3.61. The summed E-state index contributed by atoms with van der Waals surface area (Å²) >= 11 is 0. The highest BCUT2D eigenvalue weighted by atomic mass is 32.2. The van der Waals surface area contributed by atoms with Gasteiger partial charge >= 0.3 is 0 Å². The van der Waals surface area contributed by atoms with Crippen molar-refractivity contribution in [3.63, 3.8) is 0 Å². The average molecular weight is 354 g/mol. The number of sulfonamides is 1. The smallest absolute Gasteiger partial charge is 0.240 e. The van der Waals surface area contributed by atoms with Crippen LogP contribution in [-0.2, 0) is 14.8 Å². The number of ether oxygens (including phenoxy) is 1. The van der Waals surface area contributed by atoms with E-state index in [9.17, 15) is 13.2 Å². The molecule has 0 spiro atoms. The summed E-state index contributed by atoms with van der Waals surface area (Å²) in [6.07, 6.45) is 5.31. The van der Waals surface area contributed by atoms with Crippen LogP contribution < -0.4 is 14.8 Å². The number of hydrogen-bond donors (Lipinski definition) is 2. The molecule has 0 atom stereocenters. The van der Waals surface area contributed by atoms with Gasteiger partial charge < -0.3 is 10.1 Å². The monoisotopic (exact) mass is 354 g/mol. The molecule has 0 aliphatic heterocycles. The van der Waals surface area contributed by atoms with Crippen LogP contribution in [0.1, 0.15) is 52.4 Å². The Morgan fingerprint density at radius 2 is 1.92 bits per heavy atom. The molecule has 0 heterocycles. The Balaban J connectivity index is 2.24. The lowest BCUT2D eigenvalue weighted by atomic mass is 9.96. The zero-order valence-electron chi connectivity index (χ0n) is 14.3. The Bertz CT molecular complexity index is 667. The van der Waals surface area contributed by atoms with Crippen molar-refractivity contribution in [2.75, 3.05) is 11.9 Å². The fourth-order valence-electron chi connectivity index (χ4n) is 2.80. The first-order valence-corrected chi connectivity index (χ1v) is 10.0. The summed E-state index contributed by atoms with van der Waals surface area (Å²) in [4.78, 5) is 11.8. The van der Waals surface area contributed by atoms with E-state index in [1.807, 2.05) is 6.92 Å². The summed E-state index contributed by atoms with van der Waals surface area (Å²) < 4.78 is 33.5. The van der Waals surface area contributed by atoms with Crippen molar-refractivity contribution < 1.29 is 17.9 Å². The standard InChI is InChI=1S/C17H26N2O4S/c1-3-17(20)18-15-12-14(10-11-16(15)23-4-2)24(21,22)19-13-8-6-5-7-9-13/h10-13,19H,3-9H2,1-2H3,(H,18,20). The van der Waals surface area contributed by atoms with Gasteiger partial charge in [-0.15, -0.1) is 0 Å². The van der Waals surface area contributed by atoms with Crippen molar-refractivity contribution in [1.82, 2.24) is 4.72 Å². The second kappa shape index (κ2) is 8.48. The molecule has 0 saturated heterocycles. The fraction of sp³-hybridized carbons (Fsp3) is 0.588. The van der Waals surface area contributed by atoms with Crippen molar-refractivity contribution in [3.05, 3.63) is 18.2 Å². The quantitative estimate of drug-likeness (QED) is 0.788. The molecule has 0 unspecified atom stereocenters. The van der Waals surface area contributed by atoms with Crippen LogP contribution in [0.4, 0.5) is 5.69 Å². The molecule has 1 aliphatic rings. The van der Waals surface area contributed by atoms with Crippen LogP contribution in [0.5, 0.6) is 5.75 Å². The first-order valence-electron chi connectivity index (χ1n) is 8.55. The number of carbonyl (C=O) groups excluding carboxylic acids is 1. The first kappa shape index (κ1) is 18.7. The van der Waals surface area contributed by atoms with Gasteiger partial charge in [-0.05, 0) is 38.0 Å². The van der Waals surface area contributed by atoms with Crippen LogP contribution in [0.25, 0.3) is 0 Å². The second-order valence-corrected chi connectivity index (χ2v) is 7.66. The molecule has 2 N–H and O–H groups in total. The molecule has 1 fully saturated rings. The SMILES string of the molecule is CCOc1ccc(S(=O)(=O)NC2CCCCC2)cc1NC(=O)CC. The van der Waals surface area contributed by atoms with Gasteiger partial charge in [-0.25, -0.2) is 13.1 Å². The number of anilines is 1. The molecule has 0 bridgehead atoms. The van der Waals surface area contributed by atoms with E-state index in [1.165, 1.54) is 12.1 Å².